The number of halogens is 2. The Balaban J connectivity index is 2.16. The molecule has 1 nitrogen and oxygen atoms in total. The van der Waals surface area contributed by atoms with Gasteiger partial charge in [-0.25, -0.2) is 8.78 Å². The van der Waals surface area contributed by atoms with Crippen molar-refractivity contribution in [3.63, 3.8) is 0 Å². The van der Waals surface area contributed by atoms with E-state index in [0.717, 1.165) is 24.7 Å². The zero-order chi connectivity index (χ0) is 12.5. The van der Waals surface area contributed by atoms with Gasteiger partial charge in [-0.05, 0) is 36.3 Å². The van der Waals surface area contributed by atoms with Gasteiger partial charge >= 0.3 is 0 Å². The Bertz CT molecular complexity index is 410. The lowest BCUT2D eigenvalue weighted by molar-refractivity contribution is 0.0297. The summed E-state index contributed by atoms with van der Waals surface area (Å²) in [5.74, 6) is -0.629. The molecule has 0 radical (unpaired) electrons. The molecule has 1 fully saturated rings. The predicted octanol–water partition coefficient (Wildman–Crippen LogP) is 3.15. The first kappa shape index (κ1) is 12.8. The van der Waals surface area contributed by atoms with Crippen LogP contribution in [0.15, 0.2) is 18.2 Å². The molecule has 1 aliphatic heterocycles. The first-order chi connectivity index (χ1) is 8.01. The van der Waals surface area contributed by atoms with Crippen molar-refractivity contribution in [3.8, 4) is 0 Å². The van der Waals surface area contributed by atoms with E-state index < -0.39 is 17.2 Å². The summed E-state index contributed by atoms with van der Waals surface area (Å²) in [6, 6.07) is 3.84. The largest absolute Gasteiger partial charge is 0.388 e. The van der Waals surface area contributed by atoms with Gasteiger partial charge in [0.2, 0.25) is 0 Å². The van der Waals surface area contributed by atoms with Crippen molar-refractivity contribution >= 4 is 11.8 Å². The Morgan fingerprint density at radius 1 is 1.41 bits per heavy atom. The van der Waals surface area contributed by atoms with Gasteiger partial charge in [0.25, 0.3) is 0 Å². The third-order valence-electron chi connectivity index (χ3n) is 3.37. The minimum Gasteiger partial charge on any atom is -0.388 e. The third-order valence-corrected chi connectivity index (χ3v) is 4.84. The molecule has 2 rings (SSSR count). The van der Waals surface area contributed by atoms with Crippen LogP contribution in [0.1, 0.15) is 25.3 Å². The molecular weight excluding hydrogens is 242 g/mol. The van der Waals surface area contributed by atoms with Crippen molar-refractivity contribution in [1.82, 2.24) is 0 Å². The highest BCUT2D eigenvalue weighted by Gasteiger charge is 2.36. The highest BCUT2D eigenvalue weighted by molar-refractivity contribution is 8.00. The van der Waals surface area contributed by atoms with Gasteiger partial charge in [-0.1, -0.05) is 13.0 Å². The SMILES string of the molecule is CC1SCCCC1(O)Cc1ccc(F)c(F)c1. The van der Waals surface area contributed by atoms with Gasteiger partial charge in [0.15, 0.2) is 11.6 Å². The van der Waals surface area contributed by atoms with E-state index in [-0.39, 0.29) is 5.25 Å². The Hall–Kier alpha value is -0.610. The summed E-state index contributed by atoms with van der Waals surface area (Å²) in [7, 11) is 0. The molecule has 0 bridgehead atoms. The monoisotopic (exact) mass is 258 g/mol. The van der Waals surface area contributed by atoms with Crippen molar-refractivity contribution < 1.29 is 13.9 Å². The molecule has 0 aromatic heterocycles. The van der Waals surface area contributed by atoms with Crippen molar-refractivity contribution in [3.05, 3.63) is 35.4 Å². The number of rotatable bonds is 2. The molecule has 4 heteroatoms. The first-order valence-electron chi connectivity index (χ1n) is 5.79. The molecule has 2 atom stereocenters. The zero-order valence-corrected chi connectivity index (χ0v) is 10.6. The average Bonchev–Trinajstić information content (AvgIpc) is 2.28. The van der Waals surface area contributed by atoms with Crippen molar-refractivity contribution in [2.24, 2.45) is 0 Å². The van der Waals surface area contributed by atoms with Gasteiger partial charge in [0.05, 0.1) is 5.60 Å². The van der Waals surface area contributed by atoms with Crippen LogP contribution in [0.2, 0.25) is 0 Å². The van der Waals surface area contributed by atoms with E-state index in [4.69, 9.17) is 0 Å². The summed E-state index contributed by atoms with van der Waals surface area (Å²) in [5, 5.41) is 10.6. The second kappa shape index (κ2) is 4.94. The normalized spacial score (nSPS) is 29.3. The fourth-order valence-corrected chi connectivity index (χ4v) is 3.41. The Labute approximate surface area is 104 Å². The van der Waals surface area contributed by atoms with E-state index in [0.29, 0.717) is 12.0 Å². The van der Waals surface area contributed by atoms with Crippen LogP contribution < -0.4 is 0 Å². The summed E-state index contributed by atoms with van der Waals surface area (Å²) in [5.41, 5.74) is -0.145. The Morgan fingerprint density at radius 2 is 2.18 bits per heavy atom. The molecule has 1 N–H and O–H groups in total. The second-order valence-corrected chi connectivity index (χ2v) is 6.09. The topological polar surface area (TPSA) is 20.2 Å². The van der Waals surface area contributed by atoms with Gasteiger partial charge in [0.1, 0.15) is 0 Å². The lowest BCUT2D eigenvalue weighted by Crippen LogP contribution is -2.43. The van der Waals surface area contributed by atoms with Crippen LogP contribution >= 0.6 is 11.8 Å². The van der Waals surface area contributed by atoms with Gasteiger partial charge in [-0.3, -0.25) is 0 Å². The summed E-state index contributed by atoms with van der Waals surface area (Å²) in [4.78, 5) is 0. The molecule has 2 unspecified atom stereocenters. The van der Waals surface area contributed by atoms with E-state index >= 15 is 0 Å². The van der Waals surface area contributed by atoms with Crippen LogP contribution in [0.5, 0.6) is 0 Å². The van der Waals surface area contributed by atoms with Gasteiger partial charge in [-0.2, -0.15) is 11.8 Å². The lowest BCUT2D eigenvalue weighted by Gasteiger charge is -2.37. The molecule has 0 spiro atoms. The highest BCUT2D eigenvalue weighted by Crippen LogP contribution is 2.36. The maximum atomic E-state index is 13.1. The van der Waals surface area contributed by atoms with Crippen molar-refractivity contribution in [2.75, 3.05) is 5.75 Å². The molecule has 0 saturated carbocycles. The molecule has 1 aliphatic rings. The average molecular weight is 258 g/mol. The van der Waals surface area contributed by atoms with E-state index in [9.17, 15) is 13.9 Å². The summed E-state index contributed by atoms with van der Waals surface area (Å²) < 4.78 is 25.9. The molecule has 0 amide bonds. The standard InChI is InChI=1S/C13H16F2OS/c1-9-13(16,5-2-6-17-9)8-10-3-4-11(14)12(15)7-10/h3-4,7,9,16H,2,5-6,8H2,1H3. The number of thioether (sulfide) groups is 1. The van der Waals surface area contributed by atoms with Crippen LogP contribution in [0, 0.1) is 11.6 Å². The molecule has 1 aromatic rings. The second-order valence-electron chi connectivity index (χ2n) is 4.65. The summed E-state index contributed by atoms with van der Waals surface area (Å²) in [6.07, 6.45) is 2.08. The van der Waals surface area contributed by atoms with E-state index in [1.165, 1.54) is 6.07 Å². The van der Waals surface area contributed by atoms with E-state index in [2.05, 4.69) is 0 Å². The minimum absolute atomic E-state index is 0.129. The Morgan fingerprint density at radius 3 is 2.82 bits per heavy atom. The van der Waals surface area contributed by atoms with E-state index in [1.54, 1.807) is 17.8 Å². The van der Waals surface area contributed by atoms with Gasteiger partial charge in [0, 0.05) is 11.7 Å². The molecule has 1 saturated heterocycles. The van der Waals surface area contributed by atoms with Crippen molar-refractivity contribution in [1.29, 1.82) is 0 Å². The predicted molar refractivity (Wildman–Crippen MR) is 66.2 cm³/mol. The third kappa shape index (κ3) is 2.80. The maximum absolute atomic E-state index is 13.1. The van der Waals surface area contributed by atoms with E-state index in [1.807, 2.05) is 6.92 Å². The van der Waals surface area contributed by atoms with Crippen LogP contribution in [0.3, 0.4) is 0 Å². The summed E-state index contributed by atoms with van der Waals surface area (Å²) >= 11 is 1.73. The number of hydrogen-bond donors (Lipinski definition) is 1. The van der Waals surface area contributed by atoms with Crippen LogP contribution in [0.25, 0.3) is 0 Å². The number of hydrogen-bond acceptors (Lipinski definition) is 2. The van der Waals surface area contributed by atoms with Crippen LogP contribution in [-0.4, -0.2) is 21.7 Å². The number of aliphatic hydroxyl groups is 1. The molecule has 94 valence electrons. The van der Waals surface area contributed by atoms with Gasteiger partial charge < -0.3 is 5.11 Å². The van der Waals surface area contributed by atoms with Gasteiger partial charge in [-0.15, -0.1) is 0 Å². The Kier molecular flexibility index (Phi) is 3.73. The fourth-order valence-electron chi connectivity index (χ4n) is 2.23. The summed E-state index contributed by atoms with van der Waals surface area (Å²) in [6.45, 7) is 1.99. The molecular formula is C13H16F2OS. The van der Waals surface area contributed by atoms with Crippen LogP contribution in [-0.2, 0) is 6.42 Å². The fraction of sp³-hybridized carbons (Fsp3) is 0.538. The maximum Gasteiger partial charge on any atom is 0.159 e. The zero-order valence-electron chi connectivity index (χ0n) is 9.75. The lowest BCUT2D eigenvalue weighted by atomic mass is 9.87. The smallest absolute Gasteiger partial charge is 0.159 e. The molecule has 0 aliphatic carbocycles. The molecule has 1 heterocycles. The highest BCUT2D eigenvalue weighted by atomic mass is 32.2. The quantitative estimate of drug-likeness (QED) is 0.879. The molecule has 1 aromatic carbocycles. The first-order valence-corrected chi connectivity index (χ1v) is 6.84. The number of benzene rings is 1. The minimum atomic E-state index is -0.845. The van der Waals surface area contributed by atoms with Crippen molar-refractivity contribution in [2.45, 2.75) is 37.0 Å². The molecule has 17 heavy (non-hydrogen) atoms. The van der Waals surface area contributed by atoms with Crippen LogP contribution in [0.4, 0.5) is 8.78 Å².